The van der Waals surface area contributed by atoms with Crippen molar-refractivity contribution >= 4 is 17.5 Å². The van der Waals surface area contributed by atoms with Crippen LogP contribution in [0.3, 0.4) is 0 Å². The maximum atomic E-state index is 12.7. The van der Waals surface area contributed by atoms with Gasteiger partial charge in [0.2, 0.25) is 5.91 Å². The number of carbonyl (C=O) groups is 1. The van der Waals surface area contributed by atoms with Gasteiger partial charge in [-0.2, -0.15) is 0 Å². The maximum Gasteiger partial charge on any atom is 0.227 e. The van der Waals surface area contributed by atoms with Gasteiger partial charge in [0.05, 0.1) is 5.92 Å². The Balaban J connectivity index is 1.37. The lowest BCUT2D eigenvalue weighted by molar-refractivity contribution is -0.126. The minimum Gasteiger partial charge on any atom is -0.492 e. The van der Waals surface area contributed by atoms with Crippen LogP contribution in [0.4, 0.5) is 0 Å². The molecule has 1 fully saturated rings. The molecule has 2 aliphatic rings. The zero-order valence-corrected chi connectivity index (χ0v) is 16.2. The van der Waals surface area contributed by atoms with Crippen molar-refractivity contribution < 1.29 is 9.53 Å². The largest absolute Gasteiger partial charge is 0.492 e. The number of nitrogens with one attached hydrogen (secondary N) is 1. The Morgan fingerprint density at radius 3 is 2.74 bits per heavy atom. The smallest absolute Gasteiger partial charge is 0.227 e. The van der Waals surface area contributed by atoms with Crippen LogP contribution >= 0.6 is 11.6 Å². The predicted octanol–water partition coefficient (Wildman–Crippen LogP) is 3.80. The third-order valence-corrected chi connectivity index (χ3v) is 5.70. The van der Waals surface area contributed by atoms with E-state index >= 15 is 0 Å². The molecule has 27 heavy (non-hydrogen) atoms. The average Bonchev–Trinajstić information content (AvgIpc) is 3.19. The van der Waals surface area contributed by atoms with Gasteiger partial charge in [-0.15, -0.1) is 0 Å². The summed E-state index contributed by atoms with van der Waals surface area (Å²) in [6, 6.07) is 14.0. The highest BCUT2D eigenvalue weighted by molar-refractivity contribution is 6.30. The minimum absolute atomic E-state index is 0.0385. The molecule has 1 amide bonds. The fraction of sp³-hybridized carbons (Fsp3) is 0.409. The third-order valence-electron chi connectivity index (χ3n) is 5.46. The van der Waals surface area contributed by atoms with Crippen molar-refractivity contribution in [2.24, 2.45) is 5.92 Å². The van der Waals surface area contributed by atoms with Crippen LogP contribution in [0, 0.1) is 5.92 Å². The predicted molar refractivity (Wildman–Crippen MR) is 107 cm³/mol. The first-order valence-electron chi connectivity index (χ1n) is 9.67. The molecule has 2 heterocycles. The number of ether oxygens (including phenoxy) is 1. The Morgan fingerprint density at radius 2 is 1.93 bits per heavy atom. The number of rotatable bonds is 5. The standard InChI is InChI=1S/C22H25ClN2O2/c23-20-7-8-21-18(12-20)11-19(15-27-21)22(26)24-13-16-5-1-2-6-17(16)14-25-9-3-4-10-25/h1-2,5-8,12,19H,3-4,9-11,13-15H2,(H,24,26). The molecule has 2 aromatic carbocycles. The summed E-state index contributed by atoms with van der Waals surface area (Å²) in [4.78, 5) is 15.2. The summed E-state index contributed by atoms with van der Waals surface area (Å²) in [6.07, 6.45) is 3.23. The molecule has 0 saturated carbocycles. The van der Waals surface area contributed by atoms with E-state index in [-0.39, 0.29) is 11.8 Å². The Morgan fingerprint density at radius 1 is 1.15 bits per heavy atom. The van der Waals surface area contributed by atoms with Gasteiger partial charge < -0.3 is 10.1 Å². The molecule has 5 heteroatoms. The van der Waals surface area contributed by atoms with Crippen molar-refractivity contribution in [2.75, 3.05) is 19.7 Å². The number of likely N-dealkylation sites (tertiary alicyclic amines) is 1. The lowest BCUT2D eigenvalue weighted by Gasteiger charge is -2.25. The van der Waals surface area contributed by atoms with Crippen LogP contribution in [-0.2, 0) is 24.3 Å². The number of benzene rings is 2. The summed E-state index contributed by atoms with van der Waals surface area (Å²) in [5.41, 5.74) is 3.50. The summed E-state index contributed by atoms with van der Waals surface area (Å²) in [7, 11) is 0. The van der Waals surface area contributed by atoms with Crippen LogP contribution in [0.5, 0.6) is 5.75 Å². The molecule has 142 valence electrons. The van der Waals surface area contributed by atoms with Gasteiger partial charge in [0.15, 0.2) is 0 Å². The summed E-state index contributed by atoms with van der Waals surface area (Å²) in [5.74, 6) is 0.692. The van der Waals surface area contributed by atoms with E-state index in [9.17, 15) is 4.79 Å². The second-order valence-corrected chi connectivity index (χ2v) is 7.87. The number of fused-ring (bicyclic) bond motifs is 1. The van der Waals surface area contributed by atoms with Gasteiger partial charge in [0.25, 0.3) is 0 Å². The number of halogens is 1. The molecule has 0 bridgehead atoms. The zero-order chi connectivity index (χ0) is 18.6. The zero-order valence-electron chi connectivity index (χ0n) is 15.4. The van der Waals surface area contributed by atoms with Crippen molar-refractivity contribution in [3.8, 4) is 5.75 Å². The molecule has 4 nitrogen and oxygen atoms in total. The van der Waals surface area contributed by atoms with E-state index in [2.05, 4.69) is 28.4 Å². The van der Waals surface area contributed by atoms with Gasteiger partial charge in [-0.05, 0) is 67.2 Å². The first-order valence-corrected chi connectivity index (χ1v) is 10.0. The van der Waals surface area contributed by atoms with Crippen LogP contribution in [0.25, 0.3) is 0 Å². The Kier molecular flexibility index (Phi) is 5.65. The van der Waals surface area contributed by atoms with Gasteiger partial charge in [0, 0.05) is 18.1 Å². The van der Waals surface area contributed by atoms with E-state index in [4.69, 9.17) is 16.3 Å². The highest BCUT2D eigenvalue weighted by Crippen LogP contribution is 2.30. The van der Waals surface area contributed by atoms with Crippen LogP contribution in [0.15, 0.2) is 42.5 Å². The fourth-order valence-corrected chi connectivity index (χ4v) is 4.12. The van der Waals surface area contributed by atoms with Crippen molar-refractivity contribution in [3.63, 3.8) is 0 Å². The molecule has 1 atom stereocenters. The van der Waals surface area contributed by atoms with Gasteiger partial charge >= 0.3 is 0 Å². The SMILES string of the molecule is O=C(NCc1ccccc1CN1CCCC1)C1COc2ccc(Cl)cc2C1. The monoisotopic (exact) mass is 384 g/mol. The van der Waals surface area contributed by atoms with E-state index in [1.165, 1.54) is 37.1 Å². The molecule has 4 rings (SSSR count). The van der Waals surface area contributed by atoms with Crippen LogP contribution in [0.2, 0.25) is 5.02 Å². The maximum absolute atomic E-state index is 12.7. The molecule has 0 spiro atoms. The Labute approximate surface area is 165 Å². The van der Waals surface area contributed by atoms with Crippen LogP contribution in [-0.4, -0.2) is 30.5 Å². The molecular weight excluding hydrogens is 360 g/mol. The summed E-state index contributed by atoms with van der Waals surface area (Å²) in [5, 5.41) is 3.78. The summed E-state index contributed by atoms with van der Waals surface area (Å²) >= 11 is 6.07. The molecule has 0 aliphatic carbocycles. The van der Waals surface area contributed by atoms with Gasteiger partial charge in [-0.3, -0.25) is 9.69 Å². The third kappa shape index (κ3) is 4.45. The second-order valence-electron chi connectivity index (χ2n) is 7.43. The molecule has 2 aliphatic heterocycles. The number of nitrogens with zero attached hydrogens (tertiary/aromatic N) is 1. The van der Waals surface area contributed by atoms with E-state index < -0.39 is 0 Å². The van der Waals surface area contributed by atoms with Gasteiger partial charge in [-0.25, -0.2) is 0 Å². The number of carbonyl (C=O) groups excluding carboxylic acids is 1. The Hall–Kier alpha value is -2.04. The van der Waals surface area contributed by atoms with Crippen molar-refractivity contribution in [2.45, 2.75) is 32.4 Å². The van der Waals surface area contributed by atoms with Crippen LogP contribution in [0.1, 0.15) is 29.5 Å². The molecule has 2 aromatic rings. The second kappa shape index (κ2) is 8.32. The first kappa shape index (κ1) is 18.3. The van der Waals surface area contributed by atoms with E-state index in [0.717, 1.165) is 17.9 Å². The number of amides is 1. The van der Waals surface area contributed by atoms with E-state index in [0.29, 0.717) is 24.6 Å². The van der Waals surface area contributed by atoms with Gasteiger partial charge in [0.1, 0.15) is 12.4 Å². The van der Waals surface area contributed by atoms with Crippen molar-refractivity contribution in [1.29, 1.82) is 0 Å². The van der Waals surface area contributed by atoms with Crippen LogP contribution < -0.4 is 10.1 Å². The normalized spacial score (nSPS) is 19.4. The lowest BCUT2D eigenvalue weighted by Crippen LogP contribution is -2.37. The van der Waals surface area contributed by atoms with Crippen molar-refractivity contribution in [1.82, 2.24) is 10.2 Å². The number of hydrogen-bond acceptors (Lipinski definition) is 3. The first-order chi connectivity index (χ1) is 13.2. The van der Waals surface area contributed by atoms with Gasteiger partial charge in [-0.1, -0.05) is 35.9 Å². The van der Waals surface area contributed by atoms with E-state index in [1.807, 2.05) is 24.3 Å². The molecule has 0 radical (unpaired) electrons. The van der Waals surface area contributed by atoms with E-state index in [1.54, 1.807) is 0 Å². The fourth-order valence-electron chi connectivity index (χ4n) is 3.92. The Bertz CT molecular complexity index is 818. The quantitative estimate of drug-likeness (QED) is 0.852. The molecular formula is C22H25ClN2O2. The number of hydrogen-bond donors (Lipinski definition) is 1. The molecule has 1 N–H and O–H groups in total. The summed E-state index contributed by atoms with van der Waals surface area (Å²) < 4.78 is 5.75. The summed E-state index contributed by atoms with van der Waals surface area (Å²) in [6.45, 7) is 4.27. The highest BCUT2D eigenvalue weighted by atomic mass is 35.5. The average molecular weight is 385 g/mol. The molecule has 0 aromatic heterocycles. The van der Waals surface area contributed by atoms with Crippen molar-refractivity contribution in [3.05, 3.63) is 64.2 Å². The molecule has 1 unspecified atom stereocenters. The highest BCUT2D eigenvalue weighted by Gasteiger charge is 2.26. The minimum atomic E-state index is -0.179. The molecule has 1 saturated heterocycles. The lowest BCUT2D eigenvalue weighted by atomic mass is 9.96. The topological polar surface area (TPSA) is 41.6 Å².